The van der Waals surface area contributed by atoms with Gasteiger partial charge in [0.2, 0.25) is 10.0 Å². The lowest BCUT2D eigenvalue weighted by molar-refractivity contribution is -0.154. The molecule has 0 radical (unpaired) electrons. The van der Waals surface area contributed by atoms with Gasteiger partial charge in [0.25, 0.3) is 0 Å². The van der Waals surface area contributed by atoms with Crippen LogP contribution in [0.4, 0.5) is 0 Å². The maximum atomic E-state index is 11.9. The number of rotatable bonds is 8. The number of carbonyl (C=O) groups excluding carboxylic acids is 1. The lowest BCUT2D eigenvalue weighted by Gasteiger charge is -2.24. The van der Waals surface area contributed by atoms with E-state index in [1.165, 1.54) is 0 Å². The van der Waals surface area contributed by atoms with Gasteiger partial charge in [0, 0.05) is 6.54 Å². The quantitative estimate of drug-likeness (QED) is 0.605. The molecule has 0 aromatic rings. The fourth-order valence-electron chi connectivity index (χ4n) is 2.13. The molecule has 7 nitrogen and oxygen atoms in total. The molecule has 0 aliphatic carbocycles. The Labute approximate surface area is 126 Å². The Morgan fingerprint density at radius 1 is 1.33 bits per heavy atom. The van der Waals surface area contributed by atoms with Crippen LogP contribution in [0.3, 0.4) is 0 Å². The van der Waals surface area contributed by atoms with Crippen LogP contribution in [0.25, 0.3) is 0 Å². The predicted molar refractivity (Wildman–Crippen MR) is 79.4 cm³/mol. The minimum Gasteiger partial charge on any atom is -0.463 e. The Morgan fingerprint density at radius 3 is 2.48 bits per heavy atom. The van der Waals surface area contributed by atoms with Gasteiger partial charge in [0.15, 0.2) is 0 Å². The van der Waals surface area contributed by atoms with Crippen LogP contribution < -0.4 is 10.0 Å². The van der Waals surface area contributed by atoms with E-state index in [1.54, 1.807) is 0 Å². The van der Waals surface area contributed by atoms with Gasteiger partial charge in [-0.1, -0.05) is 0 Å². The maximum absolute atomic E-state index is 11.9. The largest absolute Gasteiger partial charge is 0.463 e. The zero-order chi connectivity index (χ0) is 15.9. The molecule has 0 spiro atoms. The highest BCUT2D eigenvalue weighted by Gasteiger charge is 2.24. The van der Waals surface area contributed by atoms with E-state index in [-0.39, 0.29) is 31.1 Å². The first-order valence-electron chi connectivity index (χ1n) is 7.25. The monoisotopic (exact) mass is 322 g/mol. The van der Waals surface area contributed by atoms with Crippen LogP contribution >= 0.6 is 0 Å². The van der Waals surface area contributed by atoms with Gasteiger partial charge < -0.3 is 14.8 Å². The van der Waals surface area contributed by atoms with Gasteiger partial charge in [-0.25, -0.2) is 13.1 Å². The SMILES string of the molecule is CC(C)O[C@@H](CNS(C)(=O)=O)COC(=O)C1CCNCC1. The van der Waals surface area contributed by atoms with Crippen molar-refractivity contribution in [1.82, 2.24) is 10.0 Å². The summed E-state index contributed by atoms with van der Waals surface area (Å²) in [6.45, 7) is 5.49. The third-order valence-corrected chi connectivity index (χ3v) is 3.81. The smallest absolute Gasteiger partial charge is 0.309 e. The summed E-state index contributed by atoms with van der Waals surface area (Å²) in [7, 11) is -3.29. The molecule has 1 rings (SSSR count). The van der Waals surface area contributed by atoms with Crippen LogP contribution in [0, 0.1) is 5.92 Å². The first kappa shape index (κ1) is 18.3. The Hall–Kier alpha value is -0.700. The minimum atomic E-state index is -3.29. The molecule has 0 unspecified atom stereocenters. The number of ether oxygens (including phenoxy) is 2. The van der Waals surface area contributed by atoms with Crippen LogP contribution in [0.2, 0.25) is 0 Å². The standard InChI is InChI=1S/C13H26N2O5S/c1-10(2)20-12(8-15-21(3,17)18)9-19-13(16)11-4-6-14-7-5-11/h10-12,14-15H,4-9H2,1-3H3/t12-/m0/s1. The van der Waals surface area contributed by atoms with Gasteiger partial charge in [0.1, 0.15) is 12.7 Å². The second kappa shape index (κ2) is 8.67. The molecule has 1 aliphatic heterocycles. The zero-order valence-electron chi connectivity index (χ0n) is 12.9. The van der Waals surface area contributed by atoms with Gasteiger partial charge in [-0.3, -0.25) is 4.79 Å². The first-order chi connectivity index (χ1) is 9.78. The highest BCUT2D eigenvalue weighted by molar-refractivity contribution is 7.88. The molecule has 8 heteroatoms. The van der Waals surface area contributed by atoms with E-state index in [0.717, 1.165) is 32.2 Å². The van der Waals surface area contributed by atoms with E-state index in [2.05, 4.69) is 10.0 Å². The Bertz CT molecular complexity index is 418. The van der Waals surface area contributed by atoms with E-state index < -0.39 is 16.1 Å². The molecular weight excluding hydrogens is 296 g/mol. The van der Waals surface area contributed by atoms with Crippen molar-refractivity contribution in [3.05, 3.63) is 0 Å². The number of hydrogen-bond acceptors (Lipinski definition) is 6. The number of nitrogens with one attached hydrogen (secondary N) is 2. The van der Waals surface area contributed by atoms with Crippen molar-refractivity contribution in [3.8, 4) is 0 Å². The van der Waals surface area contributed by atoms with Crippen molar-refractivity contribution in [1.29, 1.82) is 0 Å². The van der Waals surface area contributed by atoms with Crippen molar-refractivity contribution >= 4 is 16.0 Å². The fourth-order valence-corrected chi connectivity index (χ4v) is 2.61. The first-order valence-corrected chi connectivity index (χ1v) is 9.14. The minimum absolute atomic E-state index is 0.0590. The van der Waals surface area contributed by atoms with Gasteiger partial charge in [-0.05, 0) is 39.8 Å². The Morgan fingerprint density at radius 2 is 1.95 bits per heavy atom. The molecule has 0 bridgehead atoms. The van der Waals surface area contributed by atoms with Crippen molar-refractivity contribution in [2.45, 2.75) is 38.9 Å². The maximum Gasteiger partial charge on any atom is 0.309 e. The predicted octanol–water partition coefficient (Wildman–Crippen LogP) is -0.128. The molecule has 21 heavy (non-hydrogen) atoms. The molecule has 1 heterocycles. The van der Waals surface area contributed by atoms with E-state index in [1.807, 2.05) is 13.8 Å². The van der Waals surface area contributed by atoms with Crippen molar-refractivity contribution < 1.29 is 22.7 Å². The average molecular weight is 322 g/mol. The number of esters is 1. The molecule has 124 valence electrons. The van der Waals surface area contributed by atoms with Crippen molar-refractivity contribution in [2.75, 3.05) is 32.5 Å². The summed E-state index contributed by atoms with van der Waals surface area (Å²) >= 11 is 0. The summed E-state index contributed by atoms with van der Waals surface area (Å²) in [4.78, 5) is 11.9. The summed E-state index contributed by atoms with van der Waals surface area (Å²) in [5.41, 5.74) is 0. The van der Waals surface area contributed by atoms with Gasteiger partial charge in [-0.15, -0.1) is 0 Å². The highest BCUT2D eigenvalue weighted by atomic mass is 32.2. The van der Waals surface area contributed by atoms with Gasteiger partial charge in [0.05, 0.1) is 18.3 Å². The average Bonchev–Trinajstić information content (AvgIpc) is 2.41. The van der Waals surface area contributed by atoms with E-state index in [9.17, 15) is 13.2 Å². The van der Waals surface area contributed by atoms with Gasteiger partial charge in [-0.2, -0.15) is 0 Å². The molecule has 2 N–H and O–H groups in total. The van der Waals surface area contributed by atoms with Crippen LogP contribution in [-0.2, 0) is 24.3 Å². The van der Waals surface area contributed by atoms with Crippen molar-refractivity contribution in [2.24, 2.45) is 5.92 Å². The lowest BCUT2D eigenvalue weighted by atomic mass is 9.99. The summed E-state index contributed by atoms with van der Waals surface area (Å²) in [6, 6.07) is 0. The van der Waals surface area contributed by atoms with E-state index in [0.29, 0.717) is 0 Å². The molecule has 0 amide bonds. The lowest BCUT2D eigenvalue weighted by Crippen LogP contribution is -2.39. The van der Waals surface area contributed by atoms with Crippen LogP contribution in [0.5, 0.6) is 0 Å². The summed E-state index contributed by atoms with van der Waals surface area (Å²) in [6.07, 6.45) is 2.08. The summed E-state index contributed by atoms with van der Waals surface area (Å²) < 4.78 is 35.5. The van der Waals surface area contributed by atoms with Crippen molar-refractivity contribution in [3.63, 3.8) is 0 Å². The Balaban J connectivity index is 2.42. The summed E-state index contributed by atoms with van der Waals surface area (Å²) in [5.74, 6) is -0.304. The molecule has 1 aliphatic rings. The van der Waals surface area contributed by atoms with Gasteiger partial charge >= 0.3 is 5.97 Å². The molecular formula is C13H26N2O5S. The number of sulfonamides is 1. The van der Waals surface area contributed by atoms with Crippen LogP contribution in [0.1, 0.15) is 26.7 Å². The molecule has 0 aromatic carbocycles. The number of carbonyl (C=O) groups is 1. The molecule has 0 saturated carbocycles. The number of hydrogen-bond donors (Lipinski definition) is 2. The molecule has 1 fully saturated rings. The summed E-state index contributed by atoms with van der Waals surface area (Å²) in [5, 5.41) is 3.19. The second-order valence-corrected chi connectivity index (χ2v) is 7.41. The normalized spacial score (nSPS) is 18.7. The topological polar surface area (TPSA) is 93.7 Å². The highest BCUT2D eigenvalue weighted by Crippen LogP contribution is 2.13. The van der Waals surface area contributed by atoms with E-state index >= 15 is 0 Å². The number of piperidine rings is 1. The zero-order valence-corrected chi connectivity index (χ0v) is 13.7. The van der Waals surface area contributed by atoms with Crippen LogP contribution in [-0.4, -0.2) is 59.1 Å². The van der Waals surface area contributed by atoms with E-state index in [4.69, 9.17) is 9.47 Å². The fraction of sp³-hybridized carbons (Fsp3) is 0.923. The Kier molecular flexibility index (Phi) is 7.58. The van der Waals surface area contributed by atoms with Crippen LogP contribution in [0.15, 0.2) is 0 Å². The molecule has 1 saturated heterocycles. The molecule has 1 atom stereocenters. The third kappa shape index (κ3) is 8.35. The second-order valence-electron chi connectivity index (χ2n) is 5.58. The molecule has 0 aromatic heterocycles. The third-order valence-electron chi connectivity index (χ3n) is 3.12.